The highest BCUT2D eigenvalue weighted by Gasteiger charge is 2.31. The van der Waals surface area contributed by atoms with Crippen molar-refractivity contribution in [2.24, 2.45) is 50.3 Å². The molecule has 4 unspecified atom stereocenters. The molecule has 0 saturated carbocycles. The van der Waals surface area contributed by atoms with E-state index in [2.05, 4.69) is 25.9 Å². The number of amides is 4. The number of primary amides is 1. The van der Waals surface area contributed by atoms with Crippen LogP contribution in [0.2, 0.25) is 0 Å². The van der Waals surface area contributed by atoms with Crippen LogP contribution >= 0.6 is 0 Å². The van der Waals surface area contributed by atoms with E-state index in [0.29, 0.717) is 12.8 Å². The summed E-state index contributed by atoms with van der Waals surface area (Å²) in [6.45, 7) is 4.03. The lowest BCUT2D eigenvalue weighted by atomic mass is 10.0. The molecule has 4 atom stereocenters. The molecule has 39 heavy (non-hydrogen) atoms. The summed E-state index contributed by atoms with van der Waals surface area (Å²) in [6, 6.07) is -4.82. The molecule has 0 radical (unpaired) electrons. The summed E-state index contributed by atoms with van der Waals surface area (Å²) in [7, 11) is 0. The van der Waals surface area contributed by atoms with Gasteiger partial charge in [-0.05, 0) is 38.0 Å². The molecule has 16 N–H and O–H groups in total. The summed E-state index contributed by atoms with van der Waals surface area (Å²) in [5, 5.41) is 16.7. The Hall–Kier alpha value is -4.15. The maximum atomic E-state index is 13.2. The molecule has 0 saturated heterocycles. The number of carboxylic acids is 1. The van der Waals surface area contributed by atoms with Crippen molar-refractivity contribution in [3.05, 3.63) is 0 Å². The maximum absolute atomic E-state index is 13.2. The second kappa shape index (κ2) is 18.2. The average molecular weight is 558 g/mol. The lowest BCUT2D eigenvalue weighted by Gasteiger charge is -2.26. The van der Waals surface area contributed by atoms with E-state index in [4.69, 9.17) is 34.4 Å². The van der Waals surface area contributed by atoms with Gasteiger partial charge in [-0.1, -0.05) is 13.8 Å². The molecule has 17 nitrogen and oxygen atoms in total. The van der Waals surface area contributed by atoms with Gasteiger partial charge in [0.1, 0.15) is 18.1 Å². The molecule has 0 aliphatic heterocycles. The molecular weight excluding hydrogens is 514 g/mol. The third-order valence-electron chi connectivity index (χ3n) is 5.24. The van der Waals surface area contributed by atoms with E-state index in [-0.39, 0.29) is 50.2 Å². The molecule has 0 aromatic rings. The van der Waals surface area contributed by atoms with Crippen molar-refractivity contribution in [1.82, 2.24) is 16.0 Å². The normalized spacial score (nSPS) is 13.7. The average Bonchev–Trinajstić information content (AvgIpc) is 2.81. The van der Waals surface area contributed by atoms with Gasteiger partial charge < -0.3 is 55.5 Å². The van der Waals surface area contributed by atoms with Crippen LogP contribution in [0, 0.1) is 5.92 Å². The minimum Gasteiger partial charge on any atom is -0.480 e. The number of rotatable bonds is 19. The first kappa shape index (κ1) is 34.9. The first-order valence-electron chi connectivity index (χ1n) is 12.4. The maximum Gasteiger partial charge on any atom is 0.326 e. The Labute approximate surface area is 226 Å². The van der Waals surface area contributed by atoms with Gasteiger partial charge in [0.15, 0.2) is 11.9 Å². The second-order valence-electron chi connectivity index (χ2n) is 9.33. The van der Waals surface area contributed by atoms with E-state index >= 15 is 0 Å². The number of hydrogen-bond acceptors (Lipinski definition) is 8. The molecular formula is C22H43N11O6. The van der Waals surface area contributed by atoms with Crippen LogP contribution < -0.4 is 50.4 Å². The van der Waals surface area contributed by atoms with E-state index in [1.807, 2.05) is 0 Å². The molecule has 0 aliphatic rings. The zero-order chi connectivity index (χ0) is 30.1. The Morgan fingerprint density at radius 1 is 0.718 bits per heavy atom. The third kappa shape index (κ3) is 16.3. The van der Waals surface area contributed by atoms with Gasteiger partial charge in [-0.25, -0.2) is 4.79 Å². The van der Waals surface area contributed by atoms with E-state index in [9.17, 15) is 29.1 Å². The highest BCUT2D eigenvalue weighted by Crippen LogP contribution is 2.08. The van der Waals surface area contributed by atoms with Crippen molar-refractivity contribution in [3.8, 4) is 0 Å². The summed E-state index contributed by atoms with van der Waals surface area (Å²) >= 11 is 0. The molecule has 0 bridgehead atoms. The molecule has 0 fully saturated rings. The van der Waals surface area contributed by atoms with Gasteiger partial charge in [0.05, 0.1) is 12.5 Å². The fourth-order valence-corrected chi connectivity index (χ4v) is 3.35. The Balaban J connectivity index is 5.60. The number of carbonyl (C=O) groups excluding carboxylic acids is 4. The fourth-order valence-electron chi connectivity index (χ4n) is 3.35. The predicted octanol–water partition coefficient (Wildman–Crippen LogP) is -4.12. The smallest absolute Gasteiger partial charge is 0.326 e. The Morgan fingerprint density at radius 2 is 1.18 bits per heavy atom. The van der Waals surface area contributed by atoms with Crippen molar-refractivity contribution in [3.63, 3.8) is 0 Å². The number of carboxylic acid groups (broad SMARTS) is 1. The zero-order valence-electron chi connectivity index (χ0n) is 22.4. The van der Waals surface area contributed by atoms with Crippen molar-refractivity contribution in [2.75, 3.05) is 13.1 Å². The first-order chi connectivity index (χ1) is 18.1. The van der Waals surface area contributed by atoms with Crippen LogP contribution in [-0.2, 0) is 24.0 Å². The van der Waals surface area contributed by atoms with Crippen LogP contribution in [0.4, 0.5) is 0 Å². The van der Waals surface area contributed by atoms with Crippen LogP contribution in [0.15, 0.2) is 9.98 Å². The Morgan fingerprint density at radius 3 is 1.64 bits per heavy atom. The lowest BCUT2D eigenvalue weighted by Crippen LogP contribution is -2.57. The summed E-state index contributed by atoms with van der Waals surface area (Å²) < 4.78 is 0. The number of nitrogens with two attached hydrogens (primary N) is 6. The van der Waals surface area contributed by atoms with E-state index in [0.717, 1.165) is 0 Å². The SMILES string of the molecule is CC(C)CC(NC(=O)C(CCCN=C(N)N)NC(=O)C(N)CCCN=C(N)N)C(=O)NC(CC(N)=O)C(=O)O. The Kier molecular flexibility index (Phi) is 16.2. The molecule has 0 aromatic carbocycles. The van der Waals surface area contributed by atoms with Gasteiger partial charge in [-0.15, -0.1) is 0 Å². The minimum absolute atomic E-state index is 0.0881. The zero-order valence-corrected chi connectivity index (χ0v) is 22.4. The molecule has 4 amide bonds. The van der Waals surface area contributed by atoms with Gasteiger partial charge in [0.25, 0.3) is 0 Å². The molecule has 222 valence electrons. The molecule has 17 heteroatoms. The van der Waals surface area contributed by atoms with Crippen LogP contribution in [-0.4, -0.2) is 83.9 Å². The van der Waals surface area contributed by atoms with Crippen LogP contribution in [0.3, 0.4) is 0 Å². The molecule has 0 heterocycles. The topological polar surface area (TPSA) is 323 Å². The molecule has 0 spiro atoms. The predicted molar refractivity (Wildman–Crippen MR) is 144 cm³/mol. The first-order valence-corrected chi connectivity index (χ1v) is 12.4. The highest BCUT2D eigenvalue weighted by molar-refractivity contribution is 5.94. The van der Waals surface area contributed by atoms with E-state index in [1.165, 1.54) is 0 Å². The van der Waals surface area contributed by atoms with Gasteiger partial charge in [-0.3, -0.25) is 29.2 Å². The number of aliphatic imine (C=N–C) groups is 2. The number of carbonyl (C=O) groups is 5. The van der Waals surface area contributed by atoms with Gasteiger partial charge in [-0.2, -0.15) is 0 Å². The second-order valence-corrected chi connectivity index (χ2v) is 9.33. The summed E-state index contributed by atoms with van der Waals surface area (Å²) in [6.07, 6.45) is 0.564. The fraction of sp³-hybridized carbons (Fsp3) is 0.682. The minimum atomic E-state index is -1.58. The lowest BCUT2D eigenvalue weighted by molar-refractivity contribution is -0.144. The Bertz CT molecular complexity index is 901. The van der Waals surface area contributed by atoms with Gasteiger partial charge in [0, 0.05) is 13.1 Å². The molecule has 0 aromatic heterocycles. The van der Waals surface area contributed by atoms with Gasteiger partial charge >= 0.3 is 5.97 Å². The van der Waals surface area contributed by atoms with Gasteiger partial charge in [0.2, 0.25) is 23.6 Å². The number of guanidine groups is 2. The number of hydrogen-bond donors (Lipinski definition) is 10. The number of nitrogens with one attached hydrogen (secondary N) is 3. The molecule has 0 rings (SSSR count). The van der Waals surface area contributed by atoms with Crippen molar-refractivity contribution < 1.29 is 29.1 Å². The van der Waals surface area contributed by atoms with Crippen molar-refractivity contribution in [2.45, 2.75) is 76.5 Å². The molecule has 0 aliphatic carbocycles. The van der Waals surface area contributed by atoms with Crippen LogP contribution in [0.1, 0.15) is 52.4 Å². The summed E-state index contributed by atoms with van der Waals surface area (Å²) in [5.41, 5.74) is 32.2. The summed E-state index contributed by atoms with van der Waals surface area (Å²) in [5.74, 6) is -4.85. The summed E-state index contributed by atoms with van der Waals surface area (Å²) in [4.78, 5) is 69.0. The van der Waals surface area contributed by atoms with Crippen molar-refractivity contribution in [1.29, 1.82) is 0 Å². The largest absolute Gasteiger partial charge is 0.480 e. The number of aliphatic carboxylic acids is 1. The van der Waals surface area contributed by atoms with Crippen molar-refractivity contribution >= 4 is 41.5 Å². The number of nitrogens with zero attached hydrogens (tertiary/aromatic N) is 2. The quantitative estimate of drug-likeness (QED) is 0.0413. The van der Waals surface area contributed by atoms with Crippen LogP contribution in [0.5, 0.6) is 0 Å². The third-order valence-corrected chi connectivity index (χ3v) is 5.24. The van der Waals surface area contributed by atoms with E-state index in [1.54, 1.807) is 13.8 Å². The van der Waals surface area contributed by atoms with Crippen LogP contribution in [0.25, 0.3) is 0 Å². The standard InChI is InChI=1S/C22H43N11O6/c1-11(2)9-14(19(37)33-15(20(38)39)10-16(24)34)32-18(36)13(6-4-8-30-22(27)28)31-17(35)12(23)5-3-7-29-21(25)26/h11-15H,3-10,23H2,1-2H3,(H2,24,34)(H,31,35)(H,32,36)(H,33,37)(H,38,39)(H4,25,26,29)(H4,27,28,30). The highest BCUT2D eigenvalue weighted by atomic mass is 16.4. The monoisotopic (exact) mass is 557 g/mol. The van der Waals surface area contributed by atoms with E-state index < -0.39 is 60.2 Å².